The van der Waals surface area contributed by atoms with Crippen LogP contribution in [-0.4, -0.2) is 13.5 Å². The van der Waals surface area contributed by atoms with Gasteiger partial charge in [0.25, 0.3) is 10.0 Å². The van der Waals surface area contributed by atoms with E-state index in [1.165, 1.54) is 30.3 Å². The number of sulfonamides is 1. The molecule has 3 rings (SSSR count). The normalized spacial score (nSPS) is 13.4. The zero-order valence-corrected chi connectivity index (χ0v) is 16.6. The lowest BCUT2D eigenvalue weighted by Gasteiger charge is -2.26. The first-order valence-electron chi connectivity index (χ1n) is 8.41. The first-order chi connectivity index (χ1) is 13.3. The fraction of sp³-hybridized carbons (Fsp3) is 0.0909. The van der Waals surface area contributed by atoms with E-state index in [2.05, 4.69) is 10.6 Å². The van der Waals surface area contributed by atoms with Gasteiger partial charge in [-0.15, -0.1) is 6.42 Å². The number of nitrogens with one attached hydrogen (secondary N) is 1. The second-order valence-corrected chi connectivity index (χ2v) is 8.45. The topological polar surface area (TPSA) is 66.4 Å². The maximum absolute atomic E-state index is 12.8. The van der Waals surface area contributed by atoms with Crippen LogP contribution in [0, 0.1) is 19.3 Å². The van der Waals surface area contributed by atoms with Gasteiger partial charge in [0.1, 0.15) is 0 Å². The first kappa shape index (κ1) is 20.0. The molecule has 0 aromatic heterocycles. The van der Waals surface area contributed by atoms with Crippen LogP contribution in [0.5, 0.6) is 0 Å². The van der Waals surface area contributed by atoms with Gasteiger partial charge >= 0.3 is 0 Å². The number of halogens is 1. The van der Waals surface area contributed by atoms with Gasteiger partial charge in [-0.1, -0.05) is 65.5 Å². The molecule has 28 heavy (non-hydrogen) atoms. The van der Waals surface area contributed by atoms with Crippen molar-refractivity contribution in [3.63, 3.8) is 0 Å². The number of aryl methyl sites for hydroxylation is 1. The minimum atomic E-state index is -3.89. The third kappa shape index (κ3) is 3.90. The molecule has 0 fully saturated rings. The molecular formula is C22H18ClNO3S. The molecule has 0 amide bonds. The van der Waals surface area contributed by atoms with E-state index in [9.17, 15) is 13.5 Å². The van der Waals surface area contributed by atoms with E-state index in [-0.39, 0.29) is 16.1 Å². The molecule has 3 aromatic carbocycles. The molecule has 2 N–H and O–H groups in total. The number of aliphatic hydroxyl groups is 1. The molecule has 1 atom stereocenters. The quantitative estimate of drug-likeness (QED) is 0.614. The fourth-order valence-corrected chi connectivity index (χ4v) is 4.07. The summed E-state index contributed by atoms with van der Waals surface area (Å²) in [5.41, 5.74) is -0.178. The van der Waals surface area contributed by atoms with Crippen LogP contribution in [0.15, 0.2) is 77.7 Å². The van der Waals surface area contributed by atoms with Crippen molar-refractivity contribution in [1.82, 2.24) is 0 Å². The molecule has 4 nitrogen and oxygen atoms in total. The van der Waals surface area contributed by atoms with Crippen LogP contribution in [0.3, 0.4) is 0 Å². The Hall–Kier alpha value is -2.78. The summed E-state index contributed by atoms with van der Waals surface area (Å²) in [5, 5.41) is 11.6. The first-order valence-corrected chi connectivity index (χ1v) is 10.3. The molecule has 3 aromatic rings. The highest BCUT2D eigenvalue weighted by Gasteiger charge is 2.33. The zero-order chi connectivity index (χ0) is 20.4. The van der Waals surface area contributed by atoms with Crippen molar-refractivity contribution < 1.29 is 13.5 Å². The smallest absolute Gasteiger partial charge is 0.261 e. The Kier molecular flexibility index (Phi) is 5.48. The summed E-state index contributed by atoms with van der Waals surface area (Å²) in [4.78, 5) is 0.1000. The molecule has 0 radical (unpaired) electrons. The van der Waals surface area contributed by atoms with E-state index in [1.807, 2.05) is 6.92 Å². The molecule has 0 heterocycles. The van der Waals surface area contributed by atoms with E-state index < -0.39 is 15.6 Å². The number of hydrogen-bond acceptors (Lipinski definition) is 3. The van der Waals surface area contributed by atoms with Gasteiger partial charge in [0, 0.05) is 16.1 Å². The predicted octanol–water partition coefficient (Wildman–Crippen LogP) is 4.32. The largest absolute Gasteiger partial charge is 0.369 e. The van der Waals surface area contributed by atoms with Crippen molar-refractivity contribution in [2.45, 2.75) is 17.4 Å². The van der Waals surface area contributed by atoms with Crippen LogP contribution < -0.4 is 4.72 Å². The monoisotopic (exact) mass is 411 g/mol. The molecule has 0 saturated heterocycles. The molecule has 0 spiro atoms. The molecule has 0 aliphatic rings. The maximum Gasteiger partial charge on any atom is 0.261 e. The van der Waals surface area contributed by atoms with Gasteiger partial charge in [0.05, 0.1) is 10.6 Å². The minimum Gasteiger partial charge on any atom is -0.369 e. The van der Waals surface area contributed by atoms with Gasteiger partial charge in [-0.2, -0.15) is 0 Å². The summed E-state index contributed by atoms with van der Waals surface area (Å²) in [5.74, 6) is 2.37. The van der Waals surface area contributed by atoms with Gasteiger partial charge in [-0.3, -0.25) is 4.72 Å². The van der Waals surface area contributed by atoms with Crippen LogP contribution in [0.4, 0.5) is 5.69 Å². The predicted molar refractivity (Wildman–Crippen MR) is 112 cm³/mol. The number of rotatable bonds is 5. The summed E-state index contributed by atoms with van der Waals surface area (Å²) in [6, 6.07) is 19.5. The van der Waals surface area contributed by atoms with Crippen LogP contribution in [0.1, 0.15) is 16.7 Å². The number of hydrogen-bond donors (Lipinski definition) is 2. The second-order valence-electron chi connectivity index (χ2n) is 6.33. The lowest BCUT2D eigenvalue weighted by atomic mass is 9.86. The average Bonchev–Trinajstić information content (AvgIpc) is 2.69. The highest BCUT2D eigenvalue weighted by molar-refractivity contribution is 7.92. The minimum absolute atomic E-state index is 0.1000. The van der Waals surface area contributed by atoms with E-state index in [1.54, 1.807) is 42.5 Å². The third-order valence-electron chi connectivity index (χ3n) is 4.35. The molecule has 0 aliphatic carbocycles. The van der Waals surface area contributed by atoms with Gasteiger partial charge in [0.2, 0.25) is 0 Å². The molecule has 1 unspecified atom stereocenters. The summed E-state index contributed by atoms with van der Waals surface area (Å²) < 4.78 is 28.2. The number of terminal acetylenes is 1. The van der Waals surface area contributed by atoms with Crippen molar-refractivity contribution in [3.8, 4) is 12.3 Å². The molecule has 0 aliphatic heterocycles. The van der Waals surface area contributed by atoms with Crippen molar-refractivity contribution in [1.29, 1.82) is 0 Å². The van der Waals surface area contributed by atoms with Crippen molar-refractivity contribution in [2.75, 3.05) is 4.72 Å². The Labute approximate surface area is 169 Å². The van der Waals surface area contributed by atoms with Crippen molar-refractivity contribution in [3.05, 3.63) is 94.5 Å². The standard InChI is InChI=1S/C22H18ClNO3S/c1-3-22(25,17-7-5-4-6-8-17)20-15-18(23)11-14-21(20)24-28(26,27)19-12-9-16(2)10-13-19/h1,4-15,24-25H,2H3. The zero-order valence-electron chi connectivity index (χ0n) is 15.1. The summed E-state index contributed by atoms with van der Waals surface area (Å²) in [6.45, 7) is 1.87. The van der Waals surface area contributed by atoms with E-state index in [0.717, 1.165) is 5.56 Å². The Morgan fingerprint density at radius 1 is 1.04 bits per heavy atom. The Balaban J connectivity index is 2.11. The SMILES string of the molecule is C#CC(O)(c1ccccc1)c1cc(Cl)ccc1NS(=O)(=O)c1ccc(C)cc1. The molecular weight excluding hydrogens is 394 g/mol. The summed E-state index contributed by atoms with van der Waals surface area (Å²) >= 11 is 6.12. The van der Waals surface area contributed by atoms with E-state index >= 15 is 0 Å². The number of anilines is 1. The van der Waals surface area contributed by atoms with Crippen LogP contribution in [0.2, 0.25) is 5.02 Å². The molecule has 0 bridgehead atoms. The fourth-order valence-electron chi connectivity index (χ4n) is 2.82. The average molecular weight is 412 g/mol. The van der Waals surface area contributed by atoms with Gasteiger partial charge < -0.3 is 5.11 Å². The van der Waals surface area contributed by atoms with E-state index in [0.29, 0.717) is 10.6 Å². The highest BCUT2D eigenvalue weighted by Crippen LogP contribution is 2.36. The van der Waals surface area contributed by atoms with Crippen molar-refractivity contribution >= 4 is 27.3 Å². The van der Waals surface area contributed by atoms with Crippen LogP contribution in [-0.2, 0) is 15.6 Å². The van der Waals surface area contributed by atoms with Crippen LogP contribution >= 0.6 is 11.6 Å². The second kappa shape index (κ2) is 7.69. The Morgan fingerprint density at radius 3 is 2.29 bits per heavy atom. The summed E-state index contributed by atoms with van der Waals surface area (Å²) in [7, 11) is -3.89. The van der Waals surface area contributed by atoms with Gasteiger partial charge in [-0.05, 0) is 37.3 Å². The van der Waals surface area contributed by atoms with Gasteiger partial charge in [0.15, 0.2) is 5.60 Å². The third-order valence-corrected chi connectivity index (χ3v) is 5.96. The van der Waals surface area contributed by atoms with E-state index in [4.69, 9.17) is 18.0 Å². The van der Waals surface area contributed by atoms with Gasteiger partial charge in [-0.25, -0.2) is 8.42 Å². The molecule has 142 valence electrons. The molecule has 0 saturated carbocycles. The highest BCUT2D eigenvalue weighted by atomic mass is 35.5. The lowest BCUT2D eigenvalue weighted by molar-refractivity contribution is 0.146. The Bertz CT molecular complexity index is 1140. The number of benzene rings is 3. The molecule has 6 heteroatoms. The Morgan fingerprint density at radius 2 is 1.68 bits per heavy atom. The lowest BCUT2D eigenvalue weighted by Crippen LogP contribution is -2.27. The van der Waals surface area contributed by atoms with Crippen molar-refractivity contribution in [2.24, 2.45) is 0 Å². The maximum atomic E-state index is 12.8. The van der Waals surface area contributed by atoms with Crippen LogP contribution in [0.25, 0.3) is 0 Å². The summed E-state index contributed by atoms with van der Waals surface area (Å²) in [6.07, 6.45) is 5.66.